The van der Waals surface area contributed by atoms with Crippen LogP contribution in [0.15, 0.2) is 60.9 Å². The monoisotopic (exact) mass is 814 g/mol. The number of rotatable bonds is 13. The second kappa shape index (κ2) is 18.6. The van der Waals surface area contributed by atoms with Crippen LogP contribution in [0.3, 0.4) is 0 Å². The number of carbonyl (C=O) groups excluding carboxylic acids is 2. The summed E-state index contributed by atoms with van der Waals surface area (Å²) in [7, 11) is -2.13. The Morgan fingerprint density at radius 3 is 1.91 bits per heavy atom. The van der Waals surface area contributed by atoms with E-state index < -0.39 is 73.3 Å². The number of ether oxygens (including phenoxy) is 3. The Morgan fingerprint density at radius 1 is 0.842 bits per heavy atom. The first kappa shape index (κ1) is 45.6. The molecule has 314 valence electrons. The minimum absolute atomic E-state index is 0.0202. The summed E-state index contributed by atoms with van der Waals surface area (Å²) in [5, 5.41) is 6.24. The Hall–Kier alpha value is -4.14. The number of nitrogens with zero attached hydrogens (tertiary/aromatic N) is 2. The number of benzene rings is 2. The first-order valence-electron chi connectivity index (χ1n) is 19.5. The van der Waals surface area contributed by atoms with Crippen molar-refractivity contribution in [1.29, 1.82) is 0 Å². The number of aromatic nitrogens is 1. The fourth-order valence-corrected chi connectivity index (χ4v) is 7.31. The average Bonchev–Trinajstić information content (AvgIpc) is 3.09. The lowest BCUT2D eigenvalue weighted by atomic mass is 9.84. The lowest BCUT2D eigenvalue weighted by molar-refractivity contribution is -0.103. The molecule has 10 nitrogen and oxygen atoms in total. The predicted octanol–water partition coefficient (Wildman–Crippen LogP) is 9.60. The summed E-state index contributed by atoms with van der Waals surface area (Å²) in [6.45, 7) is 22.4. The molecule has 2 amide bonds. The summed E-state index contributed by atoms with van der Waals surface area (Å²) in [5.41, 5.74) is 0.535. The van der Waals surface area contributed by atoms with Gasteiger partial charge in [-0.25, -0.2) is 22.8 Å². The highest BCUT2D eigenvalue weighted by Crippen LogP contribution is 2.37. The summed E-state index contributed by atoms with van der Waals surface area (Å²) in [4.78, 5) is 32.3. The van der Waals surface area contributed by atoms with Crippen LogP contribution in [-0.4, -0.2) is 86.1 Å². The summed E-state index contributed by atoms with van der Waals surface area (Å²) in [6.07, 6.45) is 1.21. The fraction of sp³-hybridized carbons (Fsp3) is 0.558. The van der Waals surface area contributed by atoms with Gasteiger partial charge in [-0.1, -0.05) is 45.0 Å². The molecule has 0 unspecified atom stereocenters. The molecule has 0 aliphatic carbocycles. The van der Waals surface area contributed by atoms with Crippen LogP contribution in [-0.2, 0) is 25.1 Å². The van der Waals surface area contributed by atoms with Crippen molar-refractivity contribution in [3.8, 4) is 0 Å². The quantitative estimate of drug-likeness (QED) is 0.164. The number of morpholine rings is 1. The number of carbonyl (C=O) groups is 2. The Labute approximate surface area is 337 Å². The van der Waals surface area contributed by atoms with Crippen LogP contribution in [0.5, 0.6) is 0 Å². The largest absolute Gasteiger partial charge is 0.444 e. The highest BCUT2D eigenvalue weighted by atomic mass is 28.4. The molecule has 1 saturated heterocycles. The molecule has 4 rings (SSSR count). The zero-order valence-corrected chi connectivity index (χ0v) is 36.3. The number of amides is 2. The lowest BCUT2D eigenvalue weighted by Crippen LogP contribution is -2.54. The van der Waals surface area contributed by atoms with Gasteiger partial charge in [0.05, 0.1) is 56.0 Å². The van der Waals surface area contributed by atoms with E-state index in [0.717, 1.165) is 6.20 Å². The highest BCUT2D eigenvalue weighted by molar-refractivity contribution is 6.74. The van der Waals surface area contributed by atoms with Gasteiger partial charge in [0.15, 0.2) is 8.32 Å². The van der Waals surface area contributed by atoms with Crippen molar-refractivity contribution in [2.45, 2.75) is 129 Å². The molecule has 0 spiro atoms. The fourth-order valence-electron chi connectivity index (χ4n) is 6.27. The maximum absolute atomic E-state index is 15.7. The van der Waals surface area contributed by atoms with Gasteiger partial charge < -0.3 is 34.2 Å². The van der Waals surface area contributed by atoms with Gasteiger partial charge in [-0.05, 0) is 108 Å². The second-order valence-electron chi connectivity index (χ2n) is 18.2. The predicted molar refractivity (Wildman–Crippen MR) is 218 cm³/mol. The second-order valence-corrected chi connectivity index (χ2v) is 23.0. The third-order valence-electron chi connectivity index (χ3n) is 10.1. The normalized spacial score (nSPS) is 17.3. The maximum atomic E-state index is 15.7. The van der Waals surface area contributed by atoms with E-state index in [9.17, 15) is 18.4 Å². The zero-order valence-electron chi connectivity index (χ0n) is 35.3. The van der Waals surface area contributed by atoms with Crippen molar-refractivity contribution >= 4 is 26.2 Å². The van der Waals surface area contributed by atoms with E-state index in [1.54, 1.807) is 49.9 Å². The number of nitrogens with one attached hydrogen (secondary N) is 2. The van der Waals surface area contributed by atoms with Crippen molar-refractivity contribution in [3.63, 3.8) is 0 Å². The Morgan fingerprint density at radius 2 is 1.39 bits per heavy atom. The van der Waals surface area contributed by atoms with Crippen molar-refractivity contribution < 1.29 is 41.4 Å². The number of halogens is 3. The summed E-state index contributed by atoms with van der Waals surface area (Å²) < 4.78 is 68.3. The van der Waals surface area contributed by atoms with Gasteiger partial charge in [0, 0.05) is 18.0 Å². The molecule has 0 bridgehead atoms. The lowest BCUT2D eigenvalue weighted by Gasteiger charge is -2.41. The maximum Gasteiger partial charge on any atom is 0.410 e. The van der Waals surface area contributed by atoms with E-state index in [-0.39, 0.29) is 24.5 Å². The van der Waals surface area contributed by atoms with Crippen LogP contribution < -0.4 is 10.6 Å². The topological polar surface area (TPSA) is 111 Å². The van der Waals surface area contributed by atoms with Crippen LogP contribution in [0.25, 0.3) is 0 Å². The number of alkyl carbamates (subject to hydrolysis) is 1. The van der Waals surface area contributed by atoms with Gasteiger partial charge in [0.2, 0.25) is 0 Å². The van der Waals surface area contributed by atoms with Crippen LogP contribution in [0.2, 0.25) is 18.1 Å². The average molecular weight is 815 g/mol. The standard InChI is InChI=1S/C43H61F3N4O6Si/c1-41(2,3)55-39(51)49-37(38(28-12-16-30(44)17-13-28)29-14-18-31(45)19-15-29)24-48-36-23-47-22-35(46)34(36)21-20-32-25-50(40(52)56-42(4,5)6)26-33(54-32)27-53-57(10,11)43(7,8)9/h12-19,22-23,32-33,37-38,48H,20-21,24-27H2,1-11H3,(H,49,51)/t32-,33+,37-/m1/s1. The molecule has 1 aliphatic heterocycles. The van der Waals surface area contributed by atoms with Crippen LogP contribution in [0.1, 0.15) is 91.3 Å². The Balaban J connectivity index is 1.60. The van der Waals surface area contributed by atoms with E-state index in [1.807, 2.05) is 20.8 Å². The number of pyridine rings is 1. The molecule has 3 atom stereocenters. The van der Waals surface area contributed by atoms with E-state index in [0.29, 0.717) is 42.0 Å². The zero-order chi connectivity index (χ0) is 42.3. The molecule has 1 aliphatic rings. The molecule has 3 aromatic rings. The molecular weight excluding hydrogens is 754 g/mol. The SMILES string of the molecule is CC(C)(C)OC(=O)N[C@H](CNc1cncc(F)c1CC[C@@H]1CN(C(=O)OC(C)(C)C)C[C@@H](CO[Si](C)(C)C(C)(C)C)O1)C(c1ccc(F)cc1)c1ccc(F)cc1. The van der Waals surface area contributed by atoms with Crippen molar-refractivity contribution in [1.82, 2.24) is 15.2 Å². The molecule has 1 fully saturated rings. The van der Waals surface area contributed by atoms with Crippen LogP contribution in [0, 0.1) is 17.5 Å². The van der Waals surface area contributed by atoms with Crippen LogP contribution >= 0.6 is 0 Å². The number of anilines is 1. The van der Waals surface area contributed by atoms with Gasteiger partial charge in [-0.15, -0.1) is 0 Å². The first-order valence-corrected chi connectivity index (χ1v) is 22.5. The number of hydrogen-bond donors (Lipinski definition) is 2. The van der Waals surface area contributed by atoms with Crippen molar-refractivity contribution in [3.05, 3.63) is 95.1 Å². The molecule has 2 N–H and O–H groups in total. The van der Waals surface area contributed by atoms with Gasteiger partial charge in [0.1, 0.15) is 28.7 Å². The third-order valence-corrected chi connectivity index (χ3v) is 14.6. The molecule has 14 heteroatoms. The van der Waals surface area contributed by atoms with Gasteiger partial charge >= 0.3 is 12.2 Å². The van der Waals surface area contributed by atoms with E-state index >= 15 is 4.39 Å². The van der Waals surface area contributed by atoms with Gasteiger partial charge in [-0.2, -0.15) is 0 Å². The molecule has 0 saturated carbocycles. The van der Waals surface area contributed by atoms with Crippen molar-refractivity contribution in [2.24, 2.45) is 0 Å². The molecule has 1 aromatic heterocycles. The molecule has 0 radical (unpaired) electrons. The molecule has 57 heavy (non-hydrogen) atoms. The third kappa shape index (κ3) is 13.7. The minimum Gasteiger partial charge on any atom is -0.444 e. The van der Waals surface area contributed by atoms with Crippen LogP contribution in [0.4, 0.5) is 28.4 Å². The Kier molecular flexibility index (Phi) is 14.9. The minimum atomic E-state index is -2.13. The van der Waals surface area contributed by atoms with Crippen molar-refractivity contribution in [2.75, 3.05) is 31.6 Å². The summed E-state index contributed by atoms with van der Waals surface area (Å²) in [5.74, 6) is -2.01. The number of hydrogen-bond acceptors (Lipinski definition) is 8. The molecule has 2 heterocycles. The summed E-state index contributed by atoms with van der Waals surface area (Å²) >= 11 is 0. The highest BCUT2D eigenvalue weighted by Gasteiger charge is 2.40. The Bertz CT molecular complexity index is 1750. The van der Waals surface area contributed by atoms with E-state index in [2.05, 4.69) is 49.5 Å². The molecule has 2 aromatic carbocycles. The van der Waals surface area contributed by atoms with Gasteiger partial charge in [0.25, 0.3) is 0 Å². The first-order chi connectivity index (χ1) is 26.4. The van der Waals surface area contributed by atoms with E-state index in [1.165, 1.54) is 30.5 Å². The summed E-state index contributed by atoms with van der Waals surface area (Å²) in [6, 6.07) is 11.0. The van der Waals surface area contributed by atoms with Gasteiger partial charge in [-0.3, -0.25) is 4.98 Å². The smallest absolute Gasteiger partial charge is 0.410 e. The molecular formula is C43H61F3N4O6Si. The van der Waals surface area contributed by atoms with E-state index in [4.69, 9.17) is 18.6 Å².